The van der Waals surface area contributed by atoms with Crippen LogP contribution in [0.1, 0.15) is 50.0 Å². The van der Waals surface area contributed by atoms with Gasteiger partial charge in [-0.25, -0.2) is 0 Å². The summed E-state index contributed by atoms with van der Waals surface area (Å²) < 4.78 is 15.0. The molecule has 2 aromatic carbocycles. The lowest BCUT2D eigenvalue weighted by Crippen LogP contribution is -2.43. The first-order valence-electron chi connectivity index (χ1n) is 11.8. The minimum absolute atomic E-state index is 0.00264. The first kappa shape index (κ1) is 26.4. The van der Waals surface area contributed by atoms with E-state index in [1.807, 2.05) is 37.3 Å². The Morgan fingerprint density at radius 3 is 2.42 bits per heavy atom. The van der Waals surface area contributed by atoms with Crippen LogP contribution in [0.5, 0.6) is 5.75 Å². The van der Waals surface area contributed by atoms with Crippen LogP contribution in [0.15, 0.2) is 77.4 Å². The van der Waals surface area contributed by atoms with Crippen molar-refractivity contribution in [1.82, 2.24) is 14.6 Å². The van der Waals surface area contributed by atoms with E-state index in [0.29, 0.717) is 23.7 Å². The molecule has 0 bridgehead atoms. The van der Waals surface area contributed by atoms with E-state index in [1.165, 1.54) is 11.2 Å². The van der Waals surface area contributed by atoms with E-state index in [-0.39, 0.29) is 29.3 Å². The zero-order valence-electron chi connectivity index (χ0n) is 20.6. The molecule has 2 aromatic heterocycles. The Bertz CT molecular complexity index is 1390. The zero-order valence-corrected chi connectivity index (χ0v) is 21.4. The second-order valence-electron chi connectivity index (χ2n) is 8.26. The number of carbonyl (C=O) groups is 3. The summed E-state index contributed by atoms with van der Waals surface area (Å²) in [6.07, 6.45) is 1.48. The van der Waals surface area contributed by atoms with Crippen LogP contribution in [0.25, 0.3) is 0 Å². The molecule has 0 saturated carbocycles. The third-order valence-corrected chi connectivity index (χ3v) is 6.55. The van der Waals surface area contributed by atoms with Gasteiger partial charge >= 0.3 is 0 Å². The van der Waals surface area contributed by atoms with Crippen molar-refractivity contribution < 1.29 is 23.5 Å². The third kappa shape index (κ3) is 6.01. The average Bonchev–Trinajstić information content (AvgIpc) is 3.58. The summed E-state index contributed by atoms with van der Waals surface area (Å²) in [6, 6.07) is 18.6. The van der Waals surface area contributed by atoms with E-state index in [9.17, 15) is 14.4 Å². The van der Waals surface area contributed by atoms with Gasteiger partial charge in [0.2, 0.25) is 5.91 Å². The van der Waals surface area contributed by atoms with Crippen molar-refractivity contribution in [1.29, 1.82) is 0 Å². The Morgan fingerprint density at radius 1 is 1.08 bits per heavy atom. The van der Waals surface area contributed by atoms with Crippen molar-refractivity contribution in [2.24, 2.45) is 5.73 Å². The Hall–Kier alpha value is -4.64. The summed E-state index contributed by atoms with van der Waals surface area (Å²) in [4.78, 5) is 40.7. The molecule has 4 rings (SSSR count). The number of hydrogen-bond acceptors (Lipinski definition) is 8. The van der Waals surface area contributed by atoms with Crippen LogP contribution >= 0.6 is 11.5 Å². The molecule has 2 heterocycles. The van der Waals surface area contributed by atoms with Crippen molar-refractivity contribution >= 4 is 34.9 Å². The summed E-state index contributed by atoms with van der Waals surface area (Å²) in [7, 11) is 0. The van der Waals surface area contributed by atoms with Gasteiger partial charge in [-0.15, -0.1) is 0 Å². The molecular formula is C27H27N5O5S. The number of nitrogen functional groups attached to an aromatic ring is 1. The molecule has 3 amide bonds. The maximum atomic E-state index is 13.9. The number of furan rings is 1. The Morgan fingerprint density at radius 2 is 1.82 bits per heavy atom. The first-order valence-corrected chi connectivity index (χ1v) is 12.6. The number of benzene rings is 2. The number of nitrogens with two attached hydrogens (primary N) is 2. The van der Waals surface area contributed by atoms with Crippen molar-refractivity contribution in [2.75, 3.05) is 12.3 Å². The molecule has 0 saturated heterocycles. The molecule has 4 aromatic rings. The second-order valence-corrected chi connectivity index (χ2v) is 9.03. The highest BCUT2D eigenvalue weighted by Gasteiger charge is 2.35. The van der Waals surface area contributed by atoms with Crippen LogP contribution in [0, 0.1) is 0 Å². The van der Waals surface area contributed by atoms with Crippen LogP contribution < -0.4 is 21.5 Å². The number of ether oxygens (including phenoxy) is 1. The highest BCUT2D eigenvalue weighted by molar-refractivity contribution is 7.09. The fourth-order valence-corrected chi connectivity index (χ4v) is 4.64. The van der Waals surface area contributed by atoms with E-state index in [4.69, 9.17) is 20.6 Å². The minimum atomic E-state index is -1.08. The predicted octanol–water partition coefficient (Wildman–Crippen LogP) is 3.52. The molecule has 0 fully saturated rings. The summed E-state index contributed by atoms with van der Waals surface area (Å²) in [5.74, 6) is -0.794. The molecule has 0 aliphatic carbocycles. The molecule has 11 heteroatoms. The smallest absolute Gasteiger partial charge is 0.270 e. The molecule has 1 atom stereocenters. The maximum absolute atomic E-state index is 13.9. The largest absolute Gasteiger partial charge is 0.494 e. The van der Waals surface area contributed by atoms with E-state index in [2.05, 4.69) is 9.69 Å². The van der Waals surface area contributed by atoms with Gasteiger partial charge in [-0.1, -0.05) is 42.5 Å². The second kappa shape index (κ2) is 12.1. The number of aromatic nitrogens is 1. The van der Waals surface area contributed by atoms with Crippen LogP contribution in [0.2, 0.25) is 0 Å². The third-order valence-electron chi connectivity index (χ3n) is 5.70. The molecule has 10 nitrogen and oxygen atoms in total. The first-order chi connectivity index (χ1) is 18.4. The number of anilines is 1. The quantitative estimate of drug-likeness (QED) is 0.267. The van der Waals surface area contributed by atoms with Gasteiger partial charge in [0.1, 0.15) is 22.4 Å². The van der Waals surface area contributed by atoms with Gasteiger partial charge < -0.3 is 30.8 Å². The number of nitrogens with one attached hydrogen (secondary N) is 1. The van der Waals surface area contributed by atoms with Gasteiger partial charge in [-0.2, -0.15) is 4.37 Å². The molecule has 0 radical (unpaired) electrons. The summed E-state index contributed by atoms with van der Waals surface area (Å²) >= 11 is 0.748. The molecule has 0 aliphatic heterocycles. The van der Waals surface area contributed by atoms with Crippen LogP contribution in [-0.2, 0) is 17.9 Å². The lowest BCUT2D eigenvalue weighted by molar-refractivity contribution is -0.126. The topological polar surface area (TPSA) is 154 Å². The molecular weight excluding hydrogens is 506 g/mol. The number of rotatable bonds is 11. The predicted molar refractivity (Wildman–Crippen MR) is 142 cm³/mol. The number of primary amides is 1. The van der Waals surface area contributed by atoms with Crippen molar-refractivity contribution in [3.8, 4) is 5.75 Å². The highest BCUT2D eigenvalue weighted by Crippen LogP contribution is 2.31. The van der Waals surface area contributed by atoms with Gasteiger partial charge in [0.15, 0.2) is 5.69 Å². The van der Waals surface area contributed by atoms with Crippen LogP contribution in [0.4, 0.5) is 5.69 Å². The lowest BCUT2D eigenvalue weighted by atomic mass is 10.0. The summed E-state index contributed by atoms with van der Waals surface area (Å²) in [5.41, 5.74) is 12.5. The van der Waals surface area contributed by atoms with Crippen LogP contribution in [-0.4, -0.2) is 33.6 Å². The fourth-order valence-electron chi connectivity index (χ4n) is 3.88. The van der Waals surface area contributed by atoms with E-state index < -0.39 is 23.8 Å². The van der Waals surface area contributed by atoms with Gasteiger partial charge in [0, 0.05) is 6.54 Å². The van der Waals surface area contributed by atoms with E-state index in [1.54, 1.807) is 36.4 Å². The molecule has 0 aliphatic rings. The van der Waals surface area contributed by atoms with Crippen molar-refractivity contribution in [2.45, 2.75) is 26.1 Å². The van der Waals surface area contributed by atoms with Gasteiger partial charge in [0.05, 0.1) is 25.1 Å². The summed E-state index contributed by atoms with van der Waals surface area (Å²) in [5, 5.41) is 2.93. The molecule has 5 N–H and O–H groups in total. The lowest BCUT2D eigenvalue weighted by Gasteiger charge is -2.30. The fraction of sp³-hybridized carbons (Fsp3) is 0.185. The average molecular weight is 534 g/mol. The van der Waals surface area contributed by atoms with Crippen LogP contribution in [0.3, 0.4) is 0 Å². The number of carbonyl (C=O) groups excluding carboxylic acids is 3. The standard InChI is InChI=1S/C27H27N5O5S/c1-2-36-19-12-10-18(11-13-19)23(26(34)30-15-17-7-4-3-5-8-17)32(16-20-9-6-14-37-20)27(35)24-21(28)22(25(29)33)31-38-24/h3-14,23H,2,15-16,28H2,1H3,(H2,29,33)(H,30,34). The summed E-state index contributed by atoms with van der Waals surface area (Å²) in [6.45, 7) is 2.56. The van der Waals surface area contributed by atoms with E-state index in [0.717, 1.165) is 17.1 Å². The van der Waals surface area contributed by atoms with Gasteiger partial charge in [0.25, 0.3) is 11.8 Å². The molecule has 1 unspecified atom stereocenters. The highest BCUT2D eigenvalue weighted by atomic mass is 32.1. The number of amides is 3. The van der Waals surface area contributed by atoms with Crippen molar-refractivity contribution in [3.05, 3.63) is 100 Å². The van der Waals surface area contributed by atoms with Gasteiger partial charge in [-0.05, 0) is 53.8 Å². The maximum Gasteiger partial charge on any atom is 0.270 e. The molecule has 196 valence electrons. The molecule has 38 heavy (non-hydrogen) atoms. The Kier molecular flexibility index (Phi) is 8.39. The normalized spacial score (nSPS) is 11.5. The Labute approximate surface area is 223 Å². The molecule has 0 spiro atoms. The number of nitrogens with zero attached hydrogens (tertiary/aromatic N) is 2. The SMILES string of the molecule is CCOc1ccc(C(C(=O)NCc2ccccc2)N(Cc2ccco2)C(=O)c2snc(C(N)=O)c2N)cc1. The Balaban J connectivity index is 1.75. The van der Waals surface area contributed by atoms with E-state index >= 15 is 0 Å². The zero-order chi connectivity index (χ0) is 27.1. The minimum Gasteiger partial charge on any atom is -0.494 e. The monoisotopic (exact) mass is 533 g/mol. The number of hydrogen-bond donors (Lipinski definition) is 3. The van der Waals surface area contributed by atoms with Gasteiger partial charge in [-0.3, -0.25) is 14.4 Å². The van der Waals surface area contributed by atoms with Crippen molar-refractivity contribution in [3.63, 3.8) is 0 Å².